The van der Waals surface area contributed by atoms with Crippen LogP contribution in [0.1, 0.15) is 25.5 Å². The number of nitrogen functional groups attached to an aromatic ring is 1. The molecule has 3 aromatic heterocycles. The number of nitrogens with one attached hydrogen (secondary N) is 1. The van der Waals surface area contributed by atoms with Crippen molar-refractivity contribution in [1.29, 1.82) is 0 Å². The molecule has 2 saturated heterocycles. The zero-order valence-electron chi connectivity index (χ0n) is 20.6. The van der Waals surface area contributed by atoms with Crippen molar-refractivity contribution in [3.05, 3.63) is 35.3 Å². The van der Waals surface area contributed by atoms with Crippen molar-refractivity contribution in [2.45, 2.75) is 49.9 Å². The molecule has 0 radical (unpaired) electrons. The molecule has 8 atom stereocenters. The molecule has 20 heteroatoms. The summed E-state index contributed by atoms with van der Waals surface area (Å²) >= 11 is 8.37. The van der Waals surface area contributed by atoms with Gasteiger partial charge in [0.1, 0.15) is 18.5 Å². The first-order valence-corrected chi connectivity index (χ1v) is 17.6. The number of H-pyrrole nitrogens is 1. The van der Waals surface area contributed by atoms with Crippen LogP contribution in [-0.2, 0) is 32.0 Å². The van der Waals surface area contributed by atoms with Gasteiger partial charge in [0.15, 0.2) is 17.4 Å². The Morgan fingerprint density at radius 2 is 1.85 bits per heavy atom. The van der Waals surface area contributed by atoms with E-state index in [1.165, 1.54) is 17.2 Å². The highest BCUT2D eigenvalue weighted by Gasteiger charge is 2.46. The SMILES string of the molecule is Nc1nc2c(ncn2[C@@H]2O[C@@H]3CO[P@@](=O)(S)O[C@H]4C[C@H](Oc5ccncn5)C[C@@H]4CO[P@@](=O)(S)O[C@@H]2C3)c(=O)[nH]1. The van der Waals surface area contributed by atoms with Gasteiger partial charge in [-0.3, -0.25) is 27.9 Å². The number of ether oxygens (including phenoxy) is 2. The molecule has 1 saturated carbocycles. The van der Waals surface area contributed by atoms with Gasteiger partial charge in [-0.2, -0.15) is 4.98 Å². The average molecular weight is 634 g/mol. The van der Waals surface area contributed by atoms with Crippen LogP contribution in [0.15, 0.2) is 29.7 Å². The number of nitrogens with two attached hydrogens (primary N) is 1. The van der Waals surface area contributed by atoms with Crippen LogP contribution < -0.4 is 16.0 Å². The maximum atomic E-state index is 13.4. The predicted molar refractivity (Wildman–Crippen MR) is 145 cm³/mol. The van der Waals surface area contributed by atoms with E-state index in [9.17, 15) is 13.9 Å². The van der Waals surface area contributed by atoms with Crippen LogP contribution in [-0.4, -0.2) is 67.1 Å². The van der Waals surface area contributed by atoms with Gasteiger partial charge in [-0.1, -0.05) is 24.5 Å². The van der Waals surface area contributed by atoms with Gasteiger partial charge in [-0.15, -0.1) is 0 Å². The van der Waals surface area contributed by atoms with E-state index in [4.69, 9.17) is 33.3 Å². The van der Waals surface area contributed by atoms with Crippen molar-refractivity contribution in [2.75, 3.05) is 18.9 Å². The summed E-state index contributed by atoms with van der Waals surface area (Å²) in [5, 5.41) is 0. The number of anilines is 1. The maximum Gasteiger partial charge on any atom is 0.386 e. The molecule has 5 heterocycles. The number of aromatic amines is 1. The summed E-state index contributed by atoms with van der Waals surface area (Å²) in [5.74, 6) is -0.157. The minimum atomic E-state index is -3.96. The molecule has 0 unspecified atom stereocenters. The molecule has 0 amide bonds. The van der Waals surface area contributed by atoms with Crippen LogP contribution >= 0.6 is 38.1 Å². The fourth-order valence-electron chi connectivity index (χ4n) is 5.02. The quantitative estimate of drug-likeness (QED) is 0.242. The molecular weight excluding hydrogens is 608 g/mol. The fraction of sp³-hybridized carbons (Fsp3) is 0.550. The summed E-state index contributed by atoms with van der Waals surface area (Å²) in [6, 6.07) is 1.61. The number of hydrogen-bond acceptors (Lipinski definition) is 14. The first-order valence-electron chi connectivity index (χ1n) is 12.2. The number of hydrogen-bond donors (Lipinski definition) is 4. The van der Waals surface area contributed by atoms with Crippen LogP contribution in [0.25, 0.3) is 11.2 Å². The van der Waals surface area contributed by atoms with Crippen LogP contribution in [0, 0.1) is 5.92 Å². The molecule has 40 heavy (non-hydrogen) atoms. The van der Waals surface area contributed by atoms with Crippen LogP contribution in [0.3, 0.4) is 0 Å². The fourth-order valence-corrected chi connectivity index (χ4v) is 8.14. The maximum absolute atomic E-state index is 13.4. The average Bonchev–Trinajstić information content (AvgIpc) is 3.58. The van der Waals surface area contributed by atoms with Crippen molar-refractivity contribution in [3.63, 3.8) is 0 Å². The monoisotopic (exact) mass is 633 g/mol. The normalized spacial score (nSPS) is 36.9. The Morgan fingerprint density at radius 1 is 1.07 bits per heavy atom. The van der Waals surface area contributed by atoms with Crippen molar-refractivity contribution >= 4 is 55.2 Å². The predicted octanol–water partition coefficient (Wildman–Crippen LogP) is 2.53. The van der Waals surface area contributed by atoms with E-state index in [0.717, 1.165) is 0 Å². The van der Waals surface area contributed by atoms with Gasteiger partial charge < -0.3 is 19.7 Å². The number of thiol groups is 2. The number of rotatable bonds is 3. The Bertz CT molecular complexity index is 1550. The van der Waals surface area contributed by atoms with Crippen molar-refractivity contribution in [2.24, 2.45) is 5.92 Å². The molecule has 6 rings (SSSR count). The van der Waals surface area contributed by atoms with Gasteiger partial charge in [0.25, 0.3) is 5.56 Å². The van der Waals surface area contributed by atoms with Gasteiger partial charge in [-0.25, -0.2) is 24.1 Å². The molecule has 0 spiro atoms. The molecule has 3 aromatic rings. The summed E-state index contributed by atoms with van der Waals surface area (Å²) in [5.41, 5.74) is 5.34. The zero-order chi connectivity index (χ0) is 28.1. The number of nitrogens with zero attached hydrogens (tertiary/aromatic N) is 5. The Labute approximate surface area is 237 Å². The molecule has 3 aliphatic rings. The Balaban J connectivity index is 1.25. The molecule has 16 nitrogen and oxygen atoms in total. The topological polar surface area (TPSA) is 205 Å². The Morgan fingerprint density at radius 3 is 2.62 bits per heavy atom. The lowest BCUT2D eigenvalue weighted by molar-refractivity contribution is -0.0456. The smallest absolute Gasteiger partial charge is 0.386 e. The summed E-state index contributed by atoms with van der Waals surface area (Å²) in [6.07, 6.45) is 1.55. The third-order valence-corrected chi connectivity index (χ3v) is 9.99. The minimum Gasteiger partial charge on any atom is -0.474 e. The van der Waals surface area contributed by atoms with Crippen molar-refractivity contribution in [1.82, 2.24) is 29.5 Å². The van der Waals surface area contributed by atoms with E-state index in [1.807, 2.05) is 0 Å². The lowest BCUT2D eigenvalue weighted by Gasteiger charge is -2.26. The van der Waals surface area contributed by atoms with E-state index in [0.29, 0.717) is 18.7 Å². The minimum absolute atomic E-state index is 0.0234. The second-order valence-electron chi connectivity index (χ2n) is 9.49. The number of aromatic nitrogens is 6. The molecule has 3 fully saturated rings. The molecule has 3 N–H and O–H groups in total. The van der Waals surface area contributed by atoms with E-state index in [2.05, 4.69) is 49.4 Å². The van der Waals surface area contributed by atoms with Gasteiger partial charge in [0.2, 0.25) is 11.8 Å². The second-order valence-corrected chi connectivity index (χ2v) is 15.2. The standard InChI is InChI=1S/C20H25N7O9P2S2/c21-20-25-17-16(18(28)26-20)24-9-27(17)19-14-5-12(34-19)7-32-38(30,40)35-13-4-11(33-15-1-2-22-8-23-15)3-10(13)6-31-37(29,39)36-14/h1-2,8-14,19H,3-7H2,(H,29,39)(H,30,40)(H3,21,25,26,28)/t10-,11-,12+,13+,14-,19-,37-,38-/m1/s1. The largest absolute Gasteiger partial charge is 0.474 e. The van der Waals surface area contributed by atoms with Crippen LogP contribution in [0.5, 0.6) is 5.88 Å². The first-order chi connectivity index (χ1) is 19.1. The highest BCUT2D eigenvalue weighted by Crippen LogP contribution is 2.60. The van der Waals surface area contributed by atoms with Gasteiger partial charge >= 0.3 is 13.6 Å². The van der Waals surface area contributed by atoms with E-state index < -0.39 is 49.6 Å². The summed E-state index contributed by atoms with van der Waals surface area (Å²) in [6.45, 7) is -8.13. The Kier molecular flexibility index (Phi) is 7.74. The van der Waals surface area contributed by atoms with Gasteiger partial charge in [0, 0.05) is 31.0 Å². The number of imidazole rings is 1. The van der Waals surface area contributed by atoms with Gasteiger partial charge in [-0.05, 0) is 6.42 Å². The lowest BCUT2D eigenvalue weighted by Crippen LogP contribution is -2.24. The first kappa shape index (κ1) is 28.1. The van der Waals surface area contributed by atoms with Gasteiger partial charge in [0.05, 0.1) is 31.7 Å². The molecule has 2 bridgehead atoms. The van der Waals surface area contributed by atoms with Crippen molar-refractivity contribution < 1.29 is 36.7 Å². The molecule has 0 aromatic carbocycles. The molecular formula is C20H25N7O9P2S2. The van der Waals surface area contributed by atoms with E-state index >= 15 is 0 Å². The Hall–Kier alpha value is -2.01. The molecule has 1 aliphatic carbocycles. The van der Waals surface area contributed by atoms with E-state index in [1.54, 1.807) is 12.3 Å². The number of fused-ring (bicyclic) bond motifs is 4. The third kappa shape index (κ3) is 6.10. The van der Waals surface area contributed by atoms with E-state index in [-0.39, 0.29) is 42.9 Å². The third-order valence-electron chi connectivity index (χ3n) is 6.71. The second kappa shape index (κ2) is 11.0. The zero-order valence-corrected chi connectivity index (χ0v) is 24.2. The summed E-state index contributed by atoms with van der Waals surface area (Å²) < 4.78 is 63.0. The highest BCUT2D eigenvalue weighted by atomic mass is 32.7. The molecule has 216 valence electrons. The summed E-state index contributed by atoms with van der Waals surface area (Å²) in [7, 11) is 0. The van der Waals surface area contributed by atoms with Crippen molar-refractivity contribution in [3.8, 4) is 5.88 Å². The lowest BCUT2D eigenvalue weighted by atomic mass is 10.1. The summed E-state index contributed by atoms with van der Waals surface area (Å²) in [4.78, 5) is 30.8. The van der Waals surface area contributed by atoms with Crippen LogP contribution in [0.2, 0.25) is 0 Å². The highest BCUT2D eigenvalue weighted by molar-refractivity contribution is 8.44. The molecule has 2 aliphatic heterocycles. The van der Waals surface area contributed by atoms with Crippen LogP contribution in [0.4, 0.5) is 5.95 Å².